The lowest BCUT2D eigenvalue weighted by Crippen LogP contribution is -2.44. The van der Waals surface area contributed by atoms with Crippen LogP contribution in [0.3, 0.4) is 0 Å². The minimum Gasteiger partial charge on any atom is -0.388 e. The molecule has 0 radical (unpaired) electrons. The molecule has 0 spiro atoms. The highest BCUT2D eigenvalue weighted by Gasteiger charge is 2.26. The van der Waals surface area contributed by atoms with Gasteiger partial charge in [0, 0.05) is 30.9 Å². The number of carbonyl (C=O) groups excluding carboxylic acids is 1. The number of nitrogens with zero attached hydrogens (tertiary/aromatic N) is 1. The van der Waals surface area contributed by atoms with Crippen molar-refractivity contribution in [3.8, 4) is 0 Å². The molecular formula is C14H22N2O. The van der Waals surface area contributed by atoms with E-state index in [9.17, 15) is 4.79 Å². The summed E-state index contributed by atoms with van der Waals surface area (Å²) in [6, 6.07) is 7.55. The van der Waals surface area contributed by atoms with Gasteiger partial charge in [-0.3, -0.25) is 4.79 Å². The van der Waals surface area contributed by atoms with E-state index in [0.717, 1.165) is 17.7 Å². The van der Waals surface area contributed by atoms with Gasteiger partial charge in [-0.15, -0.1) is 0 Å². The molecule has 0 atom stereocenters. The summed E-state index contributed by atoms with van der Waals surface area (Å²) in [5.41, 5.74) is 1.63. The Hall–Kier alpha value is -1.51. The third-order valence-corrected chi connectivity index (χ3v) is 3.50. The average molecular weight is 234 g/mol. The molecule has 0 aliphatic carbocycles. The van der Waals surface area contributed by atoms with Crippen LogP contribution in [0.2, 0.25) is 0 Å². The Balaban J connectivity index is 2.89. The van der Waals surface area contributed by atoms with Crippen LogP contribution in [0.15, 0.2) is 24.3 Å². The largest absolute Gasteiger partial charge is 0.388 e. The van der Waals surface area contributed by atoms with Crippen LogP contribution < -0.4 is 5.32 Å². The first-order valence-corrected chi connectivity index (χ1v) is 5.98. The molecule has 0 aliphatic rings. The Labute approximate surface area is 104 Å². The summed E-state index contributed by atoms with van der Waals surface area (Å²) in [5, 5.41) is 3.04. The van der Waals surface area contributed by atoms with Crippen LogP contribution in [0.4, 0.5) is 5.69 Å². The predicted molar refractivity (Wildman–Crippen MR) is 72.5 cm³/mol. The van der Waals surface area contributed by atoms with E-state index in [1.54, 1.807) is 4.90 Å². The molecule has 0 fully saturated rings. The van der Waals surface area contributed by atoms with Crippen molar-refractivity contribution in [1.29, 1.82) is 0 Å². The zero-order valence-corrected chi connectivity index (χ0v) is 11.4. The number of hydrogen-bond acceptors (Lipinski definition) is 2. The monoisotopic (exact) mass is 234 g/mol. The lowest BCUT2D eigenvalue weighted by molar-refractivity contribution is 0.0620. The SMILES string of the molecule is CCC(C)(C)N(C)C(=O)c1ccc(NC)cc1. The van der Waals surface area contributed by atoms with Gasteiger partial charge in [0.25, 0.3) is 5.91 Å². The highest BCUT2D eigenvalue weighted by molar-refractivity contribution is 5.94. The quantitative estimate of drug-likeness (QED) is 0.868. The van der Waals surface area contributed by atoms with Gasteiger partial charge in [-0.25, -0.2) is 0 Å². The molecule has 0 heterocycles. The first kappa shape index (κ1) is 13.6. The molecule has 0 aromatic heterocycles. The zero-order chi connectivity index (χ0) is 13.1. The van der Waals surface area contributed by atoms with Crippen molar-refractivity contribution in [2.45, 2.75) is 32.7 Å². The molecule has 0 bridgehead atoms. The molecular weight excluding hydrogens is 212 g/mol. The maximum atomic E-state index is 12.3. The van der Waals surface area contributed by atoms with E-state index in [4.69, 9.17) is 0 Å². The molecule has 17 heavy (non-hydrogen) atoms. The third-order valence-electron chi connectivity index (χ3n) is 3.50. The minimum absolute atomic E-state index is 0.0690. The highest BCUT2D eigenvalue weighted by atomic mass is 16.2. The number of carbonyl (C=O) groups is 1. The Morgan fingerprint density at radius 3 is 2.24 bits per heavy atom. The van der Waals surface area contributed by atoms with Crippen LogP contribution in [0.1, 0.15) is 37.6 Å². The van der Waals surface area contributed by atoms with Crippen molar-refractivity contribution in [2.75, 3.05) is 19.4 Å². The maximum absolute atomic E-state index is 12.3. The summed E-state index contributed by atoms with van der Waals surface area (Å²) < 4.78 is 0. The fraction of sp³-hybridized carbons (Fsp3) is 0.500. The van der Waals surface area contributed by atoms with E-state index in [0.29, 0.717) is 0 Å². The number of nitrogens with one attached hydrogen (secondary N) is 1. The minimum atomic E-state index is -0.112. The molecule has 1 rings (SSSR count). The summed E-state index contributed by atoms with van der Waals surface area (Å²) in [7, 11) is 3.72. The lowest BCUT2D eigenvalue weighted by atomic mass is 9.99. The number of amides is 1. The van der Waals surface area contributed by atoms with Crippen LogP contribution in [-0.4, -0.2) is 30.4 Å². The van der Waals surface area contributed by atoms with Crippen molar-refractivity contribution in [3.63, 3.8) is 0 Å². The molecule has 1 N–H and O–H groups in total. The molecule has 94 valence electrons. The van der Waals surface area contributed by atoms with Crippen LogP contribution in [0, 0.1) is 0 Å². The molecule has 0 saturated heterocycles. The van der Waals surface area contributed by atoms with Gasteiger partial charge in [-0.05, 0) is 44.5 Å². The molecule has 1 aromatic rings. The number of anilines is 1. The number of benzene rings is 1. The van der Waals surface area contributed by atoms with E-state index in [-0.39, 0.29) is 11.4 Å². The number of hydrogen-bond donors (Lipinski definition) is 1. The van der Waals surface area contributed by atoms with Crippen LogP contribution in [0.5, 0.6) is 0 Å². The van der Waals surface area contributed by atoms with Gasteiger partial charge < -0.3 is 10.2 Å². The van der Waals surface area contributed by atoms with Gasteiger partial charge in [-0.1, -0.05) is 6.92 Å². The van der Waals surface area contributed by atoms with Crippen LogP contribution in [-0.2, 0) is 0 Å². The van der Waals surface area contributed by atoms with Crippen molar-refractivity contribution >= 4 is 11.6 Å². The standard InChI is InChI=1S/C14H22N2O/c1-6-14(2,3)16(5)13(17)11-7-9-12(15-4)10-8-11/h7-10,15H,6H2,1-5H3. The van der Waals surface area contributed by atoms with Gasteiger partial charge >= 0.3 is 0 Å². The predicted octanol–water partition coefficient (Wildman–Crippen LogP) is 2.99. The van der Waals surface area contributed by atoms with Gasteiger partial charge in [0.1, 0.15) is 0 Å². The topological polar surface area (TPSA) is 32.3 Å². The summed E-state index contributed by atoms with van der Waals surface area (Å²) in [4.78, 5) is 14.1. The van der Waals surface area contributed by atoms with Crippen molar-refractivity contribution in [1.82, 2.24) is 4.90 Å². The van der Waals surface area contributed by atoms with Crippen molar-refractivity contribution in [2.24, 2.45) is 0 Å². The molecule has 0 unspecified atom stereocenters. The molecule has 0 aliphatic heterocycles. The fourth-order valence-electron chi connectivity index (χ4n) is 1.49. The van der Waals surface area contributed by atoms with Gasteiger partial charge in [0.2, 0.25) is 0 Å². The Kier molecular flexibility index (Phi) is 4.16. The second-order valence-corrected chi connectivity index (χ2v) is 4.86. The second-order valence-electron chi connectivity index (χ2n) is 4.86. The van der Waals surface area contributed by atoms with E-state index in [1.807, 2.05) is 38.4 Å². The Morgan fingerprint density at radius 2 is 1.82 bits per heavy atom. The van der Waals surface area contributed by atoms with E-state index < -0.39 is 0 Å². The highest BCUT2D eigenvalue weighted by Crippen LogP contribution is 2.20. The lowest BCUT2D eigenvalue weighted by Gasteiger charge is -2.35. The molecule has 1 aromatic carbocycles. The summed E-state index contributed by atoms with van der Waals surface area (Å²) in [6.07, 6.45) is 0.934. The summed E-state index contributed by atoms with van der Waals surface area (Å²) >= 11 is 0. The van der Waals surface area contributed by atoms with Gasteiger partial charge in [0.05, 0.1) is 0 Å². The number of rotatable bonds is 4. The van der Waals surface area contributed by atoms with E-state index in [1.165, 1.54) is 0 Å². The summed E-state index contributed by atoms with van der Waals surface area (Å²) in [6.45, 7) is 6.24. The first-order chi connectivity index (χ1) is 7.92. The molecule has 1 amide bonds. The zero-order valence-electron chi connectivity index (χ0n) is 11.4. The average Bonchev–Trinajstić information content (AvgIpc) is 2.37. The van der Waals surface area contributed by atoms with Crippen molar-refractivity contribution in [3.05, 3.63) is 29.8 Å². The van der Waals surface area contributed by atoms with E-state index in [2.05, 4.69) is 26.1 Å². The first-order valence-electron chi connectivity index (χ1n) is 5.98. The van der Waals surface area contributed by atoms with Crippen LogP contribution >= 0.6 is 0 Å². The Bertz CT molecular complexity index is 382. The molecule has 3 heteroatoms. The summed E-state index contributed by atoms with van der Waals surface area (Å²) in [5.74, 6) is 0.0690. The van der Waals surface area contributed by atoms with Crippen LogP contribution in [0.25, 0.3) is 0 Å². The third kappa shape index (κ3) is 2.99. The fourth-order valence-corrected chi connectivity index (χ4v) is 1.49. The normalized spacial score (nSPS) is 11.1. The van der Waals surface area contributed by atoms with Gasteiger partial charge in [0.15, 0.2) is 0 Å². The van der Waals surface area contributed by atoms with Gasteiger partial charge in [-0.2, -0.15) is 0 Å². The molecule has 0 saturated carbocycles. The van der Waals surface area contributed by atoms with E-state index >= 15 is 0 Å². The maximum Gasteiger partial charge on any atom is 0.254 e. The Morgan fingerprint density at radius 1 is 1.29 bits per heavy atom. The van der Waals surface area contributed by atoms with Crippen molar-refractivity contribution < 1.29 is 4.79 Å². The smallest absolute Gasteiger partial charge is 0.254 e. The second kappa shape index (κ2) is 5.21. The molecule has 3 nitrogen and oxygen atoms in total.